The molecule has 3 aliphatic carbocycles. The maximum absolute atomic E-state index is 11.0. The number of amides is 1. The molecule has 3 fully saturated rings. The summed E-state index contributed by atoms with van der Waals surface area (Å²) in [6, 6.07) is 8.96. The Morgan fingerprint density at radius 2 is 1.80 bits per heavy atom. The number of carbonyl (C=O) groups is 1. The summed E-state index contributed by atoms with van der Waals surface area (Å²) in [4.78, 5) is 11.0. The summed E-state index contributed by atoms with van der Waals surface area (Å²) in [7, 11) is 0. The summed E-state index contributed by atoms with van der Waals surface area (Å²) in [6.07, 6.45) is 4.48. The summed E-state index contributed by atoms with van der Waals surface area (Å²) in [5, 5.41) is 6.55. The predicted octanol–water partition coefficient (Wildman–Crippen LogP) is 2.78. The van der Waals surface area contributed by atoms with Gasteiger partial charge in [0.1, 0.15) is 0 Å². The van der Waals surface area contributed by atoms with Crippen molar-refractivity contribution in [1.29, 1.82) is 0 Å². The van der Waals surface area contributed by atoms with Crippen molar-refractivity contribution in [2.24, 2.45) is 23.7 Å². The topological polar surface area (TPSA) is 41.1 Å². The average Bonchev–Trinajstić information content (AvgIpc) is 2.81. The zero-order valence-corrected chi connectivity index (χ0v) is 11.9. The second-order valence-electron chi connectivity index (χ2n) is 6.77. The third-order valence-electron chi connectivity index (χ3n) is 5.55. The van der Waals surface area contributed by atoms with Gasteiger partial charge in [-0.15, -0.1) is 0 Å². The van der Waals surface area contributed by atoms with Crippen molar-refractivity contribution in [2.45, 2.75) is 38.8 Å². The van der Waals surface area contributed by atoms with Gasteiger partial charge in [-0.2, -0.15) is 0 Å². The molecule has 2 bridgehead atoms. The summed E-state index contributed by atoms with van der Waals surface area (Å²) >= 11 is 0. The van der Waals surface area contributed by atoms with Crippen molar-refractivity contribution < 1.29 is 4.79 Å². The van der Waals surface area contributed by atoms with Crippen LogP contribution in [0.15, 0.2) is 24.3 Å². The van der Waals surface area contributed by atoms with E-state index in [-0.39, 0.29) is 5.91 Å². The van der Waals surface area contributed by atoms with Crippen LogP contribution >= 0.6 is 0 Å². The zero-order chi connectivity index (χ0) is 13.7. The van der Waals surface area contributed by atoms with Gasteiger partial charge in [0.25, 0.3) is 0 Å². The lowest BCUT2D eigenvalue weighted by atomic mass is 10.0. The molecule has 2 N–H and O–H groups in total. The number of hydrogen-bond donors (Lipinski definition) is 2. The molecule has 0 heterocycles. The number of rotatable bonds is 4. The van der Waals surface area contributed by atoms with E-state index >= 15 is 0 Å². The van der Waals surface area contributed by atoms with Crippen LogP contribution in [0.4, 0.5) is 5.69 Å². The lowest BCUT2D eigenvalue weighted by molar-refractivity contribution is -0.114. The first kappa shape index (κ1) is 12.4. The summed E-state index contributed by atoms with van der Waals surface area (Å²) in [5.74, 6) is 4.03. The number of carbonyl (C=O) groups excluding carboxylic acids is 1. The lowest BCUT2D eigenvalue weighted by Gasteiger charge is -2.11. The molecule has 0 aliphatic heterocycles. The highest BCUT2D eigenvalue weighted by molar-refractivity contribution is 5.88. The van der Waals surface area contributed by atoms with Crippen LogP contribution in [0, 0.1) is 23.7 Å². The van der Waals surface area contributed by atoms with E-state index in [1.165, 1.54) is 31.7 Å². The molecule has 0 radical (unpaired) electrons. The highest BCUT2D eigenvalue weighted by atomic mass is 16.1. The molecule has 1 aromatic rings. The molecule has 3 saturated carbocycles. The second-order valence-corrected chi connectivity index (χ2v) is 6.77. The minimum Gasteiger partial charge on any atom is -0.326 e. The Hall–Kier alpha value is -1.35. The van der Waals surface area contributed by atoms with Crippen LogP contribution in [0.5, 0.6) is 0 Å². The van der Waals surface area contributed by atoms with Crippen LogP contribution in [0.3, 0.4) is 0 Å². The van der Waals surface area contributed by atoms with Gasteiger partial charge in [0.15, 0.2) is 0 Å². The van der Waals surface area contributed by atoms with Crippen LogP contribution in [0.2, 0.25) is 0 Å². The van der Waals surface area contributed by atoms with Crippen LogP contribution in [0.25, 0.3) is 0 Å². The Morgan fingerprint density at radius 1 is 1.15 bits per heavy atom. The molecule has 3 nitrogen and oxygen atoms in total. The third-order valence-corrected chi connectivity index (χ3v) is 5.55. The first-order chi connectivity index (χ1) is 9.72. The standard InChI is InChI=1S/C17H22N2O/c1-10(20)19-14-6-2-11(3-7-14)9-18-17-15-12-4-5-13(8-12)16(15)17/h2-3,6-7,12-13,15-18H,4-5,8-9H2,1H3,(H,19,20). The molecule has 1 amide bonds. The molecule has 0 aromatic heterocycles. The zero-order valence-electron chi connectivity index (χ0n) is 11.9. The fraction of sp³-hybridized carbons (Fsp3) is 0.588. The molecular weight excluding hydrogens is 248 g/mol. The molecule has 4 unspecified atom stereocenters. The Balaban J connectivity index is 1.31. The molecule has 1 aromatic carbocycles. The molecular formula is C17H22N2O. The van der Waals surface area contributed by atoms with E-state index in [4.69, 9.17) is 0 Å². The van der Waals surface area contributed by atoms with Crippen LogP contribution in [-0.4, -0.2) is 11.9 Å². The summed E-state index contributed by atoms with van der Waals surface area (Å²) in [6.45, 7) is 2.49. The maximum Gasteiger partial charge on any atom is 0.221 e. The van der Waals surface area contributed by atoms with Gasteiger partial charge in [0.05, 0.1) is 0 Å². The molecule has 4 rings (SSSR count). The first-order valence-electron chi connectivity index (χ1n) is 7.82. The van der Waals surface area contributed by atoms with Crippen molar-refractivity contribution in [3.8, 4) is 0 Å². The minimum atomic E-state index is -0.0165. The SMILES string of the molecule is CC(=O)Nc1ccc(CNC2C3C4CCC(C4)C23)cc1. The Labute approximate surface area is 120 Å². The van der Waals surface area contributed by atoms with E-state index in [0.717, 1.165) is 41.9 Å². The van der Waals surface area contributed by atoms with Crippen LogP contribution < -0.4 is 10.6 Å². The van der Waals surface area contributed by atoms with E-state index < -0.39 is 0 Å². The molecule has 106 valence electrons. The van der Waals surface area contributed by atoms with Gasteiger partial charge in [-0.3, -0.25) is 4.79 Å². The van der Waals surface area contributed by atoms with Crippen molar-refractivity contribution in [2.75, 3.05) is 5.32 Å². The van der Waals surface area contributed by atoms with Crippen molar-refractivity contribution in [3.05, 3.63) is 29.8 Å². The van der Waals surface area contributed by atoms with Crippen molar-refractivity contribution >= 4 is 11.6 Å². The van der Waals surface area contributed by atoms with Gasteiger partial charge >= 0.3 is 0 Å². The van der Waals surface area contributed by atoms with E-state index in [1.807, 2.05) is 12.1 Å². The Kier molecular flexibility index (Phi) is 2.84. The smallest absolute Gasteiger partial charge is 0.221 e. The van der Waals surface area contributed by atoms with Crippen LogP contribution in [0.1, 0.15) is 31.7 Å². The molecule has 20 heavy (non-hydrogen) atoms. The third kappa shape index (κ3) is 2.05. The molecule has 3 heteroatoms. The predicted molar refractivity (Wildman–Crippen MR) is 79.2 cm³/mol. The molecule has 0 saturated heterocycles. The van der Waals surface area contributed by atoms with Crippen molar-refractivity contribution in [1.82, 2.24) is 5.32 Å². The van der Waals surface area contributed by atoms with Gasteiger partial charge in [0, 0.05) is 25.2 Å². The number of fused-ring (bicyclic) bond motifs is 5. The molecule has 0 spiro atoms. The van der Waals surface area contributed by atoms with Crippen molar-refractivity contribution in [3.63, 3.8) is 0 Å². The van der Waals surface area contributed by atoms with Gasteiger partial charge < -0.3 is 10.6 Å². The van der Waals surface area contributed by atoms with E-state index in [9.17, 15) is 4.79 Å². The van der Waals surface area contributed by atoms with Gasteiger partial charge in [-0.1, -0.05) is 12.1 Å². The fourth-order valence-electron chi connectivity index (χ4n) is 4.74. The largest absolute Gasteiger partial charge is 0.326 e. The number of nitrogens with one attached hydrogen (secondary N) is 2. The summed E-state index contributed by atoms with van der Waals surface area (Å²) < 4.78 is 0. The number of anilines is 1. The Morgan fingerprint density at radius 3 is 2.40 bits per heavy atom. The monoisotopic (exact) mass is 270 g/mol. The average molecular weight is 270 g/mol. The van der Waals surface area contributed by atoms with Gasteiger partial charge in [-0.05, 0) is 60.6 Å². The maximum atomic E-state index is 11.0. The first-order valence-corrected chi connectivity index (χ1v) is 7.82. The number of hydrogen-bond acceptors (Lipinski definition) is 2. The van der Waals surface area contributed by atoms with Gasteiger partial charge in [0.2, 0.25) is 5.91 Å². The number of benzene rings is 1. The fourth-order valence-corrected chi connectivity index (χ4v) is 4.74. The lowest BCUT2D eigenvalue weighted by Crippen LogP contribution is -2.22. The quantitative estimate of drug-likeness (QED) is 0.883. The molecule has 3 aliphatic rings. The molecule has 4 atom stereocenters. The Bertz CT molecular complexity index is 508. The highest BCUT2D eigenvalue weighted by Gasteiger charge is 2.64. The van der Waals surface area contributed by atoms with E-state index in [0.29, 0.717) is 0 Å². The van der Waals surface area contributed by atoms with E-state index in [2.05, 4.69) is 22.8 Å². The summed E-state index contributed by atoms with van der Waals surface area (Å²) in [5.41, 5.74) is 2.18. The normalized spacial score (nSPS) is 36.8. The van der Waals surface area contributed by atoms with Crippen LogP contribution in [-0.2, 0) is 11.3 Å². The highest BCUT2D eigenvalue weighted by Crippen LogP contribution is 2.65. The minimum absolute atomic E-state index is 0.0165. The second kappa shape index (κ2) is 4.59. The van der Waals surface area contributed by atoms with Gasteiger partial charge in [-0.25, -0.2) is 0 Å². The van der Waals surface area contributed by atoms with E-state index in [1.54, 1.807) is 0 Å².